The molecule has 1 radical (unpaired) electrons. The molecular weight excluding hydrogens is 621 g/mol. The molecule has 0 N–H and O–H groups in total. The standard InChI is InChI=1S/C17H12N.C14H8N3.Ir/c1-3-7-14(8-4-1)16-11-12-18-17(13-16)15-9-5-2-6-10-15;1-10-3-6-13(17-9-10)11-4-5-12(8-15)14(7-11)16-2;/h1-9,11-13H;3-6,9H,1H3;/q2*-1;. The van der Waals surface area contributed by atoms with Crippen LogP contribution in [0.1, 0.15) is 11.1 Å². The summed E-state index contributed by atoms with van der Waals surface area (Å²) in [5, 5.41) is 8.82. The van der Waals surface area contributed by atoms with Gasteiger partial charge in [0, 0.05) is 38.6 Å². The van der Waals surface area contributed by atoms with Crippen LogP contribution in [0, 0.1) is 37.0 Å². The molecule has 2 heterocycles. The van der Waals surface area contributed by atoms with Crippen LogP contribution in [-0.4, -0.2) is 9.97 Å². The van der Waals surface area contributed by atoms with Gasteiger partial charge in [-0.3, -0.25) is 4.85 Å². The number of nitriles is 1. The van der Waals surface area contributed by atoms with E-state index in [9.17, 15) is 0 Å². The molecule has 0 unspecified atom stereocenters. The summed E-state index contributed by atoms with van der Waals surface area (Å²) in [6.07, 6.45) is 3.61. The van der Waals surface area contributed by atoms with Crippen molar-refractivity contribution in [2.75, 3.05) is 0 Å². The molecule has 5 aromatic rings. The Bertz CT molecular complexity index is 1450. The minimum atomic E-state index is 0. The summed E-state index contributed by atoms with van der Waals surface area (Å²) < 4.78 is 0. The molecule has 2 aromatic heterocycles. The van der Waals surface area contributed by atoms with Crippen molar-refractivity contribution >= 4 is 5.69 Å². The van der Waals surface area contributed by atoms with E-state index < -0.39 is 0 Å². The Morgan fingerprint density at radius 1 is 0.833 bits per heavy atom. The first kappa shape index (κ1) is 26.2. The Kier molecular flexibility index (Phi) is 9.38. The number of nitrogens with zero attached hydrogens (tertiary/aromatic N) is 4. The molecule has 4 nitrogen and oxygen atoms in total. The summed E-state index contributed by atoms with van der Waals surface area (Å²) in [7, 11) is 0. The molecule has 0 aliphatic rings. The van der Waals surface area contributed by atoms with E-state index in [2.05, 4.69) is 45.1 Å². The molecule has 3 aromatic carbocycles. The number of rotatable bonds is 3. The number of hydrogen-bond acceptors (Lipinski definition) is 3. The summed E-state index contributed by atoms with van der Waals surface area (Å²) in [5.41, 5.74) is 7.51. The molecule has 0 saturated carbocycles. The van der Waals surface area contributed by atoms with Crippen molar-refractivity contribution in [2.45, 2.75) is 6.92 Å². The molecule has 36 heavy (non-hydrogen) atoms. The van der Waals surface area contributed by atoms with Gasteiger partial charge in [-0.15, -0.1) is 59.7 Å². The summed E-state index contributed by atoms with van der Waals surface area (Å²) in [6.45, 7) is 8.97. The molecule has 0 bridgehead atoms. The number of aryl methyl sites for hydroxylation is 1. The second-order valence-electron chi connectivity index (χ2n) is 7.65. The van der Waals surface area contributed by atoms with Gasteiger partial charge in [-0.25, -0.2) is 5.26 Å². The number of hydrogen-bond donors (Lipinski definition) is 0. The predicted octanol–water partition coefficient (Wildman–Crippen LogP) is 7.49. The summed E-state index contributed by atoms with van der Waals surface area (Å²) >= 11 is 0. The van der Waals surface area contributed by atoms with Crippen molar-refractivity contribution < 1.29 is 20.1 Å². The zero-order chi connectivity index (χ0) is 24.5. The van der Waals surface area contributed by atoms with Crippen molar-refractivity contribution in [3.63, 3.8) is 0 Å². The van der Waals surface area contributed by atoms with Crippen LogP contribution >= 0.6 is 0 Å². The molecule has 5 rings (SSSR count). The van der Waals surface area contributed by atoms with Gasteiger partial charge in [0.2, 0.25) is 0 Å². The second kappa shape index (κ2) is 12.9. The molecule has 0 atom stereocenters. The fourth-order valence-electron chi connectivity index (χ4n) is 3.38. The van der Waals surface area contributed by atoms with Crippen molar-refractivity contribution in [3.8, 4) is 39.7 Å². The minimum Gasteiger partial charge on any atom is -0.305 e. The van der Waals surface area contributed by atoms with E-state index in [-0.39, 0.29) is 25.8 Å². The van der Waals surface area contributed by atoms with E-state index in [1.165, 1.54) is 11.1 Å². The summed E-state index contributed by atoms with van der Waals surface area (Å²) in [6, 6.07) is 37.6. The van der Waals surface area contributed by atoms with Gasteiger partial charge in [0.1, 0.15) is 5.69 Å². The summed E-state index contributed by atoms with van der Waals surface area (Å²) in [4.78, 5) is 12.0. The van der Waals surface area contributed by atoms with Gasteiger partial charge in [-0.05, 0) is 46.6 Å². The first-order valence-corrected chi connectivity index (χ1v) is 10.9. The average molecular weight is 641 g/mol. The van der Waals surface area contributed by atoms with Crippen molar-refractivity contribution in [1.29, 1.82) is 5.26 Å². The van der Waals surface area contributed by atoms with Crippen molar-refractivity contribution in [2.24, 2.45) is 0 Å². The van der Waals surface area contributed by atoms with E-state index >= 15 is 0 Å². The molecule has 0 amide bonds. The maximum atomic E-state index is 8.82. The smallest absolute Gasteiger partial charge is 0.123 e. The Hall–Kier alpha value is -4.41. The van der Waals surface area contributed by atoms with Gasteiger partial charge >= 0.3 is 0 Å². The molecule has 175 valence electrons. The van der Waals surface area contributed by atoms with Gasteiger partial charge in [-0.1, -0.05) is 48.5 Å². The molecule has 0 saturated heterocycles. The molecule has 0 fully saturated rings. The van der Waals surface area contributed by atoms with E-state index in [0.717, 1.165) is 28.1 Å². The van der Waals surface area contributed by atoms with Gasteiger partial charge in [0.05, 0.1) is 6.57 Å². The first-order valence-electron chi connectivity index (χ1n) is 10.9. The van der Waals surface area contributed by atoms with Crippen LogP contribution in [0.15, 0.2) is 103 Å². The largest absolute Gasteiger partial charge is 0.305 e. The molecule has 5 heteroatoms. The van der Waals surface area contributed by atoms with Crippen LogP contribution in [0.25, 0.3) is 38.5 Å². The maximum Gasteiger partial charge on any atom is 0.123 e. The van der Waals surface area contributed by atoms with Crippen molar-refractivity contribution in [3.05, 3.63) is 138 Å². The molecular formula is C31H20IrN4-2. The average Bonchev–Trinajstić information content (AvgIpc) is 2.94. The normalized spacial score (nSPS) is 9.53. The summed E-state index contributed by atoms with van der Waals surface area (Å²) in [5.74, 6) is 0. The van der Waals surface area contributed by atoms with Crippen LogP contribution < -0.4 is 0 Å². The van der Waals surface area contributed by atoms with Crippen LogP contribution in [-0.2, 0) is 20.1 Å². The van der Waals surface area contributed by atoms with Crippen LogP contribution in [0.3, 0.4) is 0 Å². The SMILES string of the molecule is [C-]#[N+]c1[c-]c(-c2ccc(C)cn2)ccc1C#N.[Ir].[c-]1ccccc1-c1cc(-c2ccccc2)ccn1. The zero-order valence-electron chi connectivity index (χ0n) is 19.4. The van der Waals surface area contributed by atoms with Gasteiger partial charge in [-0.2, -0.15) is 0 Å². The molecule has 0 aliphatic heterocycles. The third-order valence-electron chi connectivity index (χ3n) is 5.20. The van der Waals surface area contributed by atoms with Crippen molar-refractivity contribution in [1.82, 2.24) is 9.97 Å². The fourth-order valence-corrected chi connectivity index (χ4v) is 3.38. The Balaban J connectivity index is 0.000000196. The third kappa shape index (κ3) is 6.59. The van der Waals surface area contributed by atoms with E-state index in [0.29, 0.717) is 5.56 Å². The maximum absolute atomic E-state index is 8.82. The first-order chi connectivity index (χ1) is 17.2. The predicted molar refractivity (Wildman–Crippen MR) is 138 cm³/mol. The number of aromatic nitrogens is 2. The number of benzene rings is 3. The monoisotopic (exact) mass is 641 g/mol. The zero-order valence-corrected chi connectivity index (χ0v) is 21.8. The second-order valence-corrected chi connectivity index (χ2v) is 7.65. The van der Waals surface area contributed by atoms with Crippen LogP contribution in [0.4, 0.5) is 5.69 Å². The van der Waals surface area contributed by atoms with E-state index in [1.807, 2.05) is 79.9 Å². The Morgan fingerprint density at radius 3 is 2.31 bits per heavy atom. The number of pyridine rings is 2. The third-order valence-corrected chi connectivity index (χ3v) is 5.20. The quantitative estimate of drug-likeness (QED) is 0.192. The molecule has 0 spiro atoms. The van der Waals surface area contributed by atoms with E-state index in [4.69, 9.17) is 11.8 Å². The Labute approximate surface area is 225 Å². The Morgan fingerprint density at radius 2 is 1.64 bits per heavy atom. The topological polar surface area (TPSA) is 53.9 Å². The fraction of sp³-hybridized carbons (Fsp3) is 0.0323. The van der Waals surface area contributed by atoms with Crippen LogP contribution in [0.5, 0.6) is 0 Å². The van der Waals surface area contributed by atoms with Gasteiger partial charge < -0.3 is 9.97 Å². The van der Waals surface area contributed by atoms with Gasteiger partial charge in [0.15, 0.2) is 0 Å². The minimum absolute atomic E-state index is 0. The molecule has 0 aliphatic carbocycles. The van der Waals surface area contributed by atoms with Crippen LogP contribution in [0.2, 0.25) is 0 Å². The van der Waals surface area contributed by atoms with E-state index in [1.54, 1.807) is 18.3 Å². The van der Waals surface area contributed by atoms with Gasteiger partial charge in [0.25, 0.3) is 0 Å².